The van der Waals surface area contributed by atoms with Gasteiger partial charge in [0.05, 0.1) is 18.7 Å². The van der Waals surface area contributed by atoms with E-state index in [1.54, 1.807) is 59.7 Å². The van der Waals surface area contributed by atoms with Crippen molar-refractivity contribution in [2.45, 2.75) is 84.8 Å². The van der Waals surface area contributed by atoms with Gasteiger partial charge in [0.2, 0.25) is 0 Å². The molecule has 1 aromatic carbocycles. The highest BCUT2D eigenvalue weighted by atomic mass is 16.6. The first-order valence-corrected chi connectivity index (χ1v) is 12.8. The highest BCUT2D eigenvalue weighted by Gasteiger charge is 2.39. The van der Waals surface area contributed by atoms with Gasteiger partial charge in [0.25, 0.3) is 11.5 Å². The highest BCUT2D eigenvalue weighted by molar-refractivity contribution is 5.95. The van der Waals surface area contributed by atoms with Gasteiger partial charge in [-0.05, 0) is 67.0 Å². The molecule has 0 spiro atoms. The Kier molecular flexibility index (Phi) is 8.84. The topological polar surface area (TPSA) is 126 Å². The summed E-state index contributed by atoms with van der Waals surface area (Å²) in [6.45, 7) is 11.8. The van der Waals surface area contributed by atoms with E-state index in [-0.39, 0.29) is 30.8 Å². The van der Waals surface area contributed by atoms with E-state index in [0.717, 1.165) is 0 Å². The number of aryl methyl sites for hydroxylation is 1. The average Bonchev–Trinajstić information content (AvgIpc) is 3.22. The Morgan fingerprint density at radius 3 is 2.15 bits per heavy atom. The molecular weight excluding hydrogens is 506 g/mol. The van der Waals surface area contributed by atoms with Crippen LogP contribution in [0.15, 0.2) is 46.1 Å². The Labute approximate surface area is 227 Å². The van der Waals surface area contributed by atoms with Gasteiger partial charge >= 0.3 is 17.8 Å². The molecule has 11 heteroatoms. The lowest BCUT2D eigenvalue weighted by Gasteiger charge is -2.28. The molecule has 3 rings (SSSR count). The van der Waals surface area contributed by atoms with Gasteiger partial charge in [-0.1, -0.05) is 18.2 Å². The fourth-order valence-corrected chi connectivity index (χ4v) is 4.25. The van der Waals surface area contributed by atoms with Crippen molar-refractivity contribution in [1.82, 2.24) is 14.0 Å². The van der Waals surface area contributed by atoms with Gasteiger partial charge in [0, 0.05) is 23.9 Å². The van der Waals surface area contributed by atoms with Crippen molar-refractivity contribution >= 4 is 18.0 Å². The molecule has 2 atom stereocenters. The number of aromatic nitrogens is 2. The summed E-state index contributed by atoms with van der Waals surface area (Å²) >= 11 is 0. The number of benzene rings is 1. The molecule has 0 N–H and O–H groups in total. The lowest BCUT2D eigenvalue weighted by molar-refractivity contribution is -0.162. The van der Waals surface area contributed by atoms with E-state index in [9.17, 15) is 24.0 Å². The van der Waals surface area contributed by atoms with E-state index in [2.05, 4.69) is 0 Å². The third-order valence-electron chi connectivity index (χ3n) is 5.82. The summed E-state index contributed by atoms with van der Waals surface area (Å²) in [4.78, 5) is 65.9. The van der Waals surface area contributed by atoms with Crippen molar-refractivity contribution in [2.75, 3.05) is 13.2 Å². The van der Waals surface area contributed by atoms with Crippen LogP contribution >= 0.6 is 0 Å². The Bertz CT molecular complexity index is 1330. The molecule has 1 aliphatic heterocycles. The summed E-state index contributed by atoms with van der Waals surface area (Å²) in [6, 6.07) is 7.48. The summed E-state index contributed by atoms with van der Waals surface area (Å²) in [7, 11) is 0. The van der Waals surface area contributed by atoms with Crippen molar-refractivity contribution in [3.63, 3.8) is 0 Å². The SMILES string of the molecule is Cc1cn(C[C@H]2C[C@@H](OCC(=O)OC(C)(C)C)CN2C(=O)OC(C)(C)C)c(=O)n(C(=O)c2ccccc2)c1=O. The minimum atomic E-state index is -0.818. The lowest BCUT2D eigenvalue weighted by atomic mass is 10.2. The van der Waals surface area contributed by atoms with Crippen LogP contribution in [0.3, 0.4) is 0 Å². The fourth-order valence-electron chi connectivity index (χ4n) is 4.25. The number of carbonyl (C=O) groups excluding carboxylic acids is 3. The first kappa shape index (κ1) is 29.8. The molecule has 0 aliphatic carbocycles. The first-order chi connectivity index (χ1) is 18.1. The number of hydrogen-bond acceptors (Lipinski definition) is 8. The molecule has 2 heterocycles. The van der Waals surface area contributed by atoms with Crippen molar-refractivity contribution in [1.29, 1.82) is 0 Å². The van der Waals surface area contributed by atoms with Crippen molar-refractivity contribution in [2.24, 2.45) is 0 Å². The zero-order valence-corrected chi connectivity index (χ0v) is 23.6. The second kappa shape index (κ2) is 11.6. The fraction of sp³-hybridized carbons (Fsp3) is 0.536. The maximum atomic E-state index is 13.4. The minimum Gasteiger partial charge on any atom is -0.458 e. The van der Waals surface area contributed by atoms with Crippen LogP contribution in [0.1, 0.15) is 63.9 Å². The Hall–Kier alpha value is -3.73. The molecule has 2 aromatic rings. The number of amides is 1. The first-order valence-electron chi connectivity index (χ1n) is 12.8. The van der Waals surface area contributed by atoms with E-state index in [1.807, 2.05) is 0 Å². The van der Waals surface area contributed by atoms with Gasteiger partial charge in [-0.2, -0.15) is 4.57 Å². The van der Waals surface area contributed by atoms with Crippen LogP contribution in [-0.4, -0.2) is 68.5 Å². The molecular formula is C28H37N3O8. The van der Waals surface area contributed by atoms with Crippen LogP contribution in [0.5, 0.6) is 0 Å². The van der Waals surface area contributed by atoms with Crippen molar-refractivity contribution in [3.8, 4) is 0 Å². The number of hydrogen-bond donors (Lipinski definition) is 0. The maximum absolute atomic E-state index is 13.4. The van der Waals surface area contributed by atoms with Crippen LogP contribution in [0.25, 0.3) is 0 Å². The van der Waals surface area contributed by atoms with E-state index in [1.165, 1.54) is 34.7 Å². The van der Waals surface area contributed by atoms with Crippen molar-refractivity contribution in [3.05, 3.63) is 68.5 Å². The molecule has 1 aromatic heterocycles. The molecule has 0 bridgehead atoms. The monoisotopic (exact) mass is 543 g/mol. The summed E-state index contributed by atoms with van der Waals surface area (Å²) in [5.41, 5.74) is -2.57. The zero-order chi connectivity index (χ0) is 29.1. The molecule has 1 aliphatic rings. The van der Waals surface area contributed by atoms with Gasteiger partial charge in [-0.15, -0.1) is 0 Å². The number of esters is 1. The van der Waals surface area contributed by atoms with Gasteiger partial charge < -0.3 is 19.1 Å². The molecule has 11 nitrogen and oxygen atoms in total. The molecule has 0 saturated carbocycles. The Morgan fingerprint density at radius 1 is 0.949 bits per heavy atom. The molecule has 1 fully saturated rings. The second-order valence-electron chi connectivity index (χ2n) is 11.6. The highest BCUT2D eigenvalue weighted by Crippen LogP contribution is 2.24. The van der Waals surface area contributed by atoms with E-state index in [4.69, 9.17) is 14.2 Å². The standard InChI is InChI=1S/C28H37N3O8/c1-18-14-29(25(35)31(23(18)33)24(34)19-11-9-8-10-12-19)15-20-13-21(37-17-22(32)38-27(2,3)4)16-30(20)26(36)39-28(5,6)7/h8-12,14,20-21H,13,15-17H2,1-7H3/t20-,21-/m1/s1. The second-order valence-corrected chi connectivity index (χ2v) is 11.6. The van der Waals surface area contributed by atoms with Crippen molar-refractivity contribution < 1.29 is 28.6 Å². The Balaban J connectivity index is 1.89. The van der Waals surface area contributed by atoms with Crippen LogP contribution in [0.4, 0.5) is 4.79 Å². The number of rotatable bonds is 6. The predicted octanol–water partition coefficient (Wildman–Crippen LogP) is 2.74. The minimum absolute atomic E-state index is 0.0203. The average molecular weight is 544 g/mol. The quantitative estimate of drug-likeness (QED) is 0.509. The third kappa shape index (κ3) is 7.89. The summed E-state index contributed by atoms with van der Waals surface area (Å²) in [5.74, 6) is -1.27. The van der Waals surface area contributed by atoms with E-state index >= 15 is 0 Å². The number of likely N-dealkylation sites (tertiary alicyclic amines) is 1. The summed E-state index contributed by atoms with van der Waals surface area (Å²) in [5, 5.41) is 0. The van der Waals surface area contributed by atoms with Crippen LogP contribution < -0.4 is 11.2 Å². The largest absolute Gasteiger partial charge is 0.458 e. The molecule has 1 amide bonds. The predicted molar refractivity (Wildman–Crippen MR) is 143 cm³/mol. The van der Waals surface area contributed by atoms with Gasteiger partial charge in [0.1, 0.15) is 17.8 Å². The number of nitrogens with zero attached hydrogens (tertiary/aromatic N) is 3. The lowest BCUT2D eigenvalue weighted by Crippen LogP contribution is -2.48. The Morgan fingerprint density at radius 2 is 1.56 bits per heavy atom. The smallest absolute Gasteiger partial charge is 0.410 e. The van der Waals surface area contributed by atoms with Gasteiger partial charge in [0.15, 0.2) is 0 Å². The molecule has 39 heavy (non-hydrogen) atoms. The summed E-state index contributed by atoms with van der Waals surface area (Å²) in [6.07, 6.45) is 0.541. The maximum Gasteiger partial charge on any atom is 0.410 e. The van der Waals surface area contributed by atoms with Crippen LogP contribution in [-0.2, 0) is 25.5 Å². The van der Waals surface area contributed by atoms with E-state index in [0.29, 0.717) is 11.0 Å². The van der Waals surface area contributed by atoms with Gasteiger partial charge in [-0.3, -0.25) is 14.2 Å². The third-order valence-corrected chi connectivity index (χ3v) is 5.82. The number of ether oxygens (including phenoxy) is 3. The van der Waals surface area contributed by atoms with E-state index < -0.39 is 52.6 Å². The van der Waals surface area contributed by atoms with Gasteiger partial charge in [-0.25, -0.2) is 14.4 Å². The number of carbonyl (C=O) groups is 3. The molecule has 0 radical (unpaired) electrons. The molecule has 1 saturated heterocycles. The molecule has 0 unspecified atom stereocenters. The molecule has 212 valence electrons. The normalized spacial score (nSPS) is 17.7. The van der Waals surface area contributed by atoms with Crippen LogP contribution in [0, 0.1) is 6.92 Å². The zero-order valence-electron chi connectivity index (χ0n) is 23.6. The summed E-state index contributed by atoms with van der Waals surface area (Å²) < 4.78 is 18.5. The van der Waals surface area contributed by atoms with Crippen LogP contribution in [0.2, 0.25) is 0 Å².